The van der Waals surface area contributed by atoms with Crippen molar-refractivity contribution < 1.29 is 32.3 Å². The summed E-state index contributed by atoms with van der Waals surface area (Å²) in [7, 11) is 0. The topological polar surface area (TPSA) is 78.7 Å². The molecule has 1 amide bonds. The second-order valence-corrected chi connectivity index (χ2v) is 9.67. The lowest BCUT2D eigenvalue weighted by Crippen LogP contribution is -2.44. The van der Waals surface area contributed by atoms with Crippen LogP contribution in [0.4, 0.5) is 18.0 Å². The normalized spacial score (nSPS) is 14.2. The molecule has 3 heterocycles. The molecular weight excluding hydrogens is 533 g/mol. The van der Waals surface area contributed by atoms with Gasteiger partial charge < -0.3 is 19.2 Å². The van der Waals surface area contributed by atoms with Gasteiger partial charge in [-0.2, -0.15) is 13.2 Å². The van der Waals surface area contributed by atoms with Crippen molar-refractivity contribution in [1.29, 1.82) is 0 Å². The molecule has 2 aromatic heterocycles. The van der Waals surface area contributed by atoms with Crippen LogP contribution in [0.15, 0.2) is 95.1 Å². The maximum absolute atomic E-state index is 12.7. The average molecular weight is 557 g/mol. The van der Waals surface area contributed by atoms with Crippen LogP contribution in [0.2, 0.25) is 0 Å². The number of carbonyl (C=O) groups is 1. The molecule has 2 aromatic carbocycles. The number of benzene rings is 2. The highest BCUT2D eigenvalue weighted by molar-refractivity contribution is 7.99. The van der Waals surface area contributed by atoms with Crippen LogP contribution in [0.25, 0.3) is 0 Å². The number of likely N-dealkylation sites (tertiary alicyclic amines) is 1. The van der Waals surface area contributed by atoms with Crippen molar-refractivity contribution in [2.24, 2.45) is 0 Å². The molecule has 0 atom stereocenters. The van der Waals surface area contributed by atoms with Crippen molar-refractivity contribution >= 4 is 17.9 Å². The van der Waals surface area contributed by atoms with Crippen LogP contribution < -0.4 is 14.3 Å². The highest BCUT2D eigenvalue weighted by Crippen LogP contribution is 2.31. The first kappa shape index (κ1) is 26.4. The Morgan fingerprint density at radius 3 is 2.31 bits per heavy atom. The molecule has 1 aliphatic rings. The number of alkyl halides is 3. The van der Waals surface area contributed by atoms with E-state index in [0.29, 0.717) is 43.6 Å². The van der Waals surface area contributed by atoms with Gasteiger partial charge in [0.2, 0.25) is 5.88 Å². The van der Waals surface area contributed by atoms with Gasteiger partial charge in [0.15, 0.2) is 0 Å². The van der Waals surface area contributed by atoms with E-state index in [1.165, 1.54) is 29.1 Å². The molecule has 1 saturated heterocycles. The number of hydrogen-bond donors (Lipinski definition) is 0. The molecule has 1 fully saturated rings. The smallest absolute Gasteiger partial charge is 0.417 e. The lowest BCUT2D eigenvalue weighted by Gasteiger charge is -2.31. The summed E-state index contributed by atoms with van der Waals surface area (Å²) >= 11 is 1.56. The Kier molecular flexibility index (Phi) is 7.92. The fourth-order valence-electron chi connectivity index (χ4n) is 3.80. The Morgan fingerprint density at radius 1 is 0.923 bits per heavy atom. The zero-order valence-electron chi connectivity index (χ0n) is 20.5. The molecule has 39 heavy (non-hydrogen) atoms. The Bertz CT molecular complexity index is 1370. The number of amides is 1. The first-order valence-electron chi connectivity index (χ1n) is 12.1. The highest BCUT2D eigenvalue weighted by Gasteiger charge is 2.31. The molecule has 5 rings (SSSR count). The number of carbonyl (C=O) groups excluding carboxylic acids is 1. The average Bonchev–Trinajstić information content (AvgIpc) is 3.36. The number of nitrogens with zero attached hydrogens (tertiary/aromatic N) is 4. The Morgan fingerprint density at radius 2 is 1.64 bits per heavy atom. The third-order valence-electron chi connectivity index (χ3n) is 5.81. The van der Waals surface area contributed by atoms with E-state index in [0.717, 1.165) is 22.1 Å². The van der Waals surface area contributed by atoms with E-state index in [1.54, 1.807) is 22.9 Å². The summed E-state index contributed by atoms with van der Waals surface area (Å²) in [6.45, 7) is 0.930. The summed E-state index contributed by atoms with van der Waals surface area (Å²) in [4.78, 5) is 26.6. The molecule has 4 aromatic rings. The predicted molar refractivity (Wildman–Crippen MR) is 136 cm³/mol. The summed E-state index contributed by atoms with van der Waals surface area (Å²) in [5.74, 6) is 0.660. The van der Waals surface area contributed by atoms with Crippen molar-refractivity contribution in [2.45, 2.75) is 35.0 Å². The second-order valence-electron chi connectivity index (χ2n) is 8.57. The Balaban J connectivity index is 1.08. The maximum atomic E-state index is 12.7. The van der Waals surface area contributed by atoms with Gasteiger partial charge in [0.1, 0.15) is 22.6 Å². The van der Waals surface area contributed by atoms with Crippen LogP contribution in [-0.4, -0.2) is 45.1 Å². The van der Waals surface area contributed by atoms with Crippen LogP contribution >= 0.6 is 11.8 Å². The molecular formula is C27H23F3N4O4S. The zero-order valence-corrected chi connectivity index (χ0v) is 21.3. The van der Waals surface area contributed by atoms with Crippen molar-refractivity contribution in [3.05, 3.63) is 90.8 Å². The van der Waals surface area contributed by atoms with Gasteiger partial charge in [0.05, 0.1) is 11.8 Å². The standard InChI is InChI=1S/C27H23F3N4O4S/c28-27(29,30)19-6-11-24(31-18-19)36-20-7-9-21(10-8-20)37-26(35)33-16-13-22(14-17-33)38-34-25(12-15-32-34)39-23-4-2-1-3-5-23/h1-12,15,18,22H,13-14,16-17H2. The van der Waals surface area contributed by atoms with Gasteiger partial charge in [0.25, 0.3) is 0 Å². The largest absolute Gasteiger partial charge is 0.439 e. The molecule has 8 nitrogen and oxygen atoms in total. The zero-order chi connectivity index (χ0) is 27.2. The minimum atomic E-state index is -4.47. The van der Waals surface area contributed by atoms with Crippen LogP contribution in [0, 0.1) is 0 Å². The van der Waals surface area contributed by atoms with E-state index in [4.69, 9.17) is 14.3 Å². The van der Waals surface area contributed by atoms with Crippen LogP contribution in [0.3, 0.4) is 0 Å². The summed E-state index contributed by atoms with van der Waals surface area (Å²) in [6, 6.07) is 20.0. The Labute approximate surface area is 226 Å². The first-order valence-corrected chi connectivity index (χ1v) is 12.9. The number of halogens is 3. The lowest BCUT2D eigenvalue weighted by molar-refractivity contribution is -0.137. The molecule has 1 aliphatic heterocycles. The van der Waals surface area contributed by atoms with E-state index >= 15 is 0 Å². The maximum Gasteiger partial charge on any atom is 0.417 e. The number of hydrogen-bond acceptors (Lipinski definition) is 7. The number of piperidine rings is 1. The van der Waals surface area contributed by atoms with E-state index in [-0.39, 0.29) is 12.0 Å². The van der Waals surface area contributed by atoms with Crippen molar-refractivity contribution in [2.75, 3.05) is 13.1 Å². The van der Waals surface area contributed by atoms with Crippen molar-refractivity contribution in [3.8, 4) is 17.4 Å². The quantitative estimate of drug-likeness (QED) is 0.263. The number of pyridine rings is 1. The van der Waals surface area contributed by atoms with E-state index in [2.05, 4.69) is 10.1 Å². The fourth-order valence-corrected chi connectivity index (χ4v) is 4.63. The van der Waals surface area contributed by atoms with Gasteiger partial charge in [0, 0.05) is 43.1 Å². The van der Waals surface area contributed by atoms with Crippen LogP contribution in [0.1, 0.15) is 18.4 Å². The lowest BCUT2D eigenvalue weighted by atomic mass is 10.1. The third-order valence-corrected chi connectivity index (χ3v) is 6.82. The summed E-state index contributed by atoms with van der Waals surface area (Å²) < 4.78 is 48.9. The fraction of sp³-hybridized carbons (Fsp3) is 0.222. The Hall–Kier alpha value is -4.19. The van der Waals surface area contributed by atoms with Gasteiger partial charge in [-0.3, -0.25) is 0 Å². The predicted octanol–water partition coefficient (Wildman–Crippen LogP) is 6.33. The molecule has 0 saturated carbocycles. The first-order chi connectivity index (χ1) is 18.8. The van der Waals surface area contributed by atoms with Gasteiger partial charge >= 0.3 is 12.3 Å². The molecule has 0 N–H and O–H groups in total. The van der Waals surface area contributed by atoms with Gasteiger partial charge in [-0.25, -0.2) is 9.78 Å². The van der Waals surface area contributed by atoms with Crippen LogP contribution in [0.5, 0.6) is 17.4 Å². The second kappa shape index (κ2) is 11.7. The summed E-state index contributed by atoms with van der Waals surface area (Å²) in [5.41, 5.74) is -0.860. The van der Waals surface area contributed by atoms with E-state index < -0.39 is 17.8 Å². The number of ether oxygens (including phenoxy) is 2. The van der Waals surface area contributed by atoms with E-state index in [1.807, 2.05) is 36.4 Å². The van der Waals surface area contributed by atoms with Gasteiger partial charge in [-0.05, 0) is 48.5 Å². The highest BCUT2D eigenvalue weighted by atomic mass is 32.2. The molecule has 12 heteroatoms. The molecule has 0 radical (unpaired) electrons. The summed E-state index contributed by atoms with van der Waals surface area (Å²) in [5, 5.41) is 5.14. The molecule has 0 bridgehead atoms. The third kappa shape index (κ3) is 7.02. The minimum absolute atomic E-state index is 0.0127. The molecule has 202 valence electrons. The van der Waals surface area contributed by atoms with Gasteiger partial charge in [-0.15, -0.1) is 5.10 Å². The SMILES string of the molecule is O=C(Oc1ccc(Oc2ccc(C(F)(F)F)cn2)cc1)N1CCC(On2nccc2Sc2ccccc2)CC1. The minimum Gasteiger partial charge on any atom is -0.439 e. The molecule has 0 aliphatic carbocycles. The number of aromatic nitrogens is 3. The van der Waals surface area contributed by atoms with Gasteiger partial charge in [-0.1, -0.05) is 34.8 Å². The number of rotatable bonds is 7. The van der Waals surface area contributed by atoms with Crippen molar-refractivity contribution in [3.63, 3.8) is 0 Å². The van der Waals surface area contributed by atoms with E-state index in [9.17, 15) is 18.0 Å². The summed E-state index contributed by atoms with van der Waals surface area (Å²) in [6.07, 6.45) is -1.41. The monoisotopic (exact) mass is 556 g/mol. The molecule has 0 unspecified atom stereocenters. The van der Waals surface area contributed by atoms with Crippen LogP contribution in [-0.2, 0) is 6.18 Å². The molecule has 0 spiro atoms. The van der Waals surface area contributed by atoms with Crippen molar-refractivity contribution in [1.82, 2.24) is 19.8 Å².